The van der Waals surface area contributed by atoms with Crippen LogP contribution in [0.3, 0.4) is 0 Å². The first-order valence-electron chi connectivity index (χ1n) is 7.99. The molecule has 1 aliphatic heterocycles. The maximum atomic E-state index is 12.6. The fourth-order valence-corrected chi connectivity index (χ4v) is 2.65. The molecule has 2 aromatic rings. The van der Waals surface area contributed by atoms with Gasteiger partial charge in [0.2, 0.25) is 5.88 Å². The SMILES string of the molecule is Cc1ccc(Oc2cccc(C(=O)N3CCC(C)CC3)c2)nn1. The van der Waals surface area contributed by atoms with E-state index in [-0.39, 0.29) is 5.91 Å². The van der Waals surface area contributed by atoms with Gasteiger partial charge in [-0.3, -0.25) is 4.79 Å². The minimum Gasteiger partial charge on any atom is -0.438 e. The van der Waals surface area contributed by atoms with Gasteiger partial charge < -0.3 is 9.64 Å². The van der Waals surface area contributed by atoms with E-state index in [4.69, 9.17) is 4.74 Å². The Morgan fingerprint density at radius 3 is 2.65 bits per heavy atom. The molecule has 0 saturated carbocycles. The predicted octanol–water partition coefficient (Wildman–Crippen LogP) is 3.45. The van der Waals surface area contributed by atoms with Crippen molar-refractivity contribution in [1.29, 1.82) is 0 Å². The van der Waals surface area contributed by atoms with Crippen molar-refractivity contribution in [2.75, 3.05) is 13.1 Å². The van der Waals surface area contributed by atoms with Gasteiger partial charge in [0.25, 0.3) is 5.91 Å². The number of rotatable bonds is 3. The van der Waals surface area contributed by atoms with Crippen molar-refractivity contribution in [3.05, 3.63) is 47.7 Å². The Balaban J connectivity index is 1.71. The van der Waals surface area contributed by atoms with Crippen LogP contribution >= 0.6 is 0 Å². The molecule has 0 unspecified atom stereocenters. The van der Waals surface area contributed by atoms with Crippen molar-refractivity contribution in [2.24, 2.45) is 5.92 Å². The predicted molar refractivity (Wildman–Crippen MR) is 87.6 cm³/mol. The van der Waals surface area contributed by atoms with Gasteiger partial charge in [-0.15, -0.1) is 5.10 Å². The Hall–Kier alpha value is -2.43. The Kier molecular flexibility index (Phi) is 4.55. The van der Waals surface area contributed by atoms with E-state index >= 15 is 0 Å². The smallest absolute Gasteiger partial charge is 0.253 e. The summed E-state index contributed by atoms with van der Waals surface area (Å²) >= 11 is 0. The molecule has 23 heavy (non-hydrogen) atoms. The second-order valence-electron chi connectivity index (χ2n) is 6.12. The lowest BCUT2D eigenvalue weighted by Gasteiger charge is -2.30. The molecule has 0 spiro atoms. The van der Waals surface area contributed by atoms with E-state index in [1.807, 2.05) is 36.1 Å². The fourth-order valence-electron chi connectivity index (χ4n) is 2.65. The fraction of sp³-hybridized carbons (Fsp3) is 0.389. The number of amides is 1. The van der Waals surface area contributed by atoms with E-state index in [2.05, 4.69) is 17.1 Å². The minimum atomic E-state index is 0.0670. The summed E-state index contributed by atoms with van der Waals surface area (Å²) in [6.45, 7) is 5.76. The highest BCUT2D eigenvalue weighted by Crippen LogP contribution is 2.23. The number of hydrogen-bond donors (Lipinski definition) is 0. The Morgan fingerprint density at radius 1 is 1.17 bits per heavy atom. The highest BCUT2D eigenvalue weighted by atomic mass is 16.5. The van der Waals surface area contributed by atoms with E-state index in [1.54, 1.807) is 12.1 Å². The van der Waals surface area contributed by atoms with Gasteiger partial charge in [0.15, 0.2) is 0 Å². The van der Waals surface area contributed by atoms with Crippen LogP contribution in [0.1, 0.15) is 35.8 Å². The number of nitrogens with zero attached hydrogens (tertiary/aromatic N) is 3. The lowest BCUT2D eigenvalue weighted by molar-refractivity contribution is 0.0697. The maximum absolute atomic E-state index is 12.6. The minimum absolute atomic E-state index is 0.0670. The quantitative estimate of drug-likeness (QED) is 0.871. The van der Waals surface area contributed by atoms with E-state index < -0.39 is 0 Å². The van der Waals surface area contributed by atoms with Crippen molar-refractivity contribution >= 4 is 5.91 Å². The number of aromatic nitrogens is 2. The molecule has 2 heterocycles. The summed E-state index contributed by atoms with van der Waals surface area (Å²) in [5.41, 5.74) is 1.48. The number of piperidine rings is 1. The third kappa shape index (κ3) is 3.86. The molecule has 0 bridgehead atoms. The van der Waals surface area contributed by atoms with Crippen molar-refractivity contribution in [2.45, 2.75) is 26.7 Å². The molecule has 1 fully saturated rings. The average molecular weight is 311 g/mol. The summed E-state index contributed by atoms with van der Waals surface area (Å²) in [7, 11) is 0. The van der Waals surface area contributed by atoms with Gasteiger partial charge >= 0.3 is 0 Å². The molecular formula is C18H21N3O2. The van der Waals surface area contributed by atoms with Gasteiger partial charge in [-0.25, -0.2) is 0 Å². The Morgan fingerprint density at radius 2 is 1.96 bits per heavy atom. The second-order valence-corrected chi connectivity index (χ2v) is 6.12. The standard InChI is InChI=1S/C18H21N3O2/c1-13-8-10-21(11-9-13)18(22)15-4-3-5-16(12-15)23-17-7-6-14(2)19-20-17/h3-7,12-13H,8-11H2,1-2H3. The summed E-state index contributed by atoms with van der Waals surface area (Å²) in [6.07, 6.45) is 2.14. The number of aryl methyl sites for hydroxylation is 1. The molecule has 120 valence electrons. The van der Waals surface area contributed by atoms with E-state index in [0.29, 0.717) is 23.1 Å². The highest BCUT2D eigenvalue weighted by Gasteiger charge is 2.21. The van der Waals surface area contributed by atoms with Crippen LogP contribution in [-0.4, -0.2) is 34.1 Å². The van der Waals surface area contributed by atoms with Gasteiger partial charge in [-0.2, -0.15) is 5.10 Å². The van der Waals surface area contributed by atoms with Crippen LogP contribution in [0.5, 0.6) is 11.6 Å². The highest BCUT2D eigenvalue weighted by molar-refractivity contribution is 5.94. The topological polar surface area (TPSA) is 55.3 Å². The number of ether oxygens (including phenoxy) is 1. The largest absolute Gasteiger partial charge is 0.438 e. The summed E-state index contributed by atoms with van der Waals surface area (Å²) in [5.74, 6) is 1.79. The Labute approximate surface area is 136 Å². The molecule has 5 heteroatoms. The monoisotopic (exact) mass is 311 g/mol. The van der Waals surface area contributed by atoms with E-state index in [0.717, 1.165) is 31.6 Å². The first kappa shape index (κ1) is 15.5. The molecule has 0 N–H and O–H groups in total. The Bertz CT molecular complexity index is 677. The van der Waals surface area contributed by atoms with Crippen molar-refractivity contribution < 1.29 is 9.53 Å². The third-order valence-electron chi connectivity index (χ3n) is 4.15. The zero-order valence-electron chi connectivity index (χ0n) is 13.5. The zero-order chi connectivity index (χ0) is 16.2. The number of hydrogen-bond acceptors (Lipinski definition) is 4. The van der Waals surface area contributed by atoms with Gasteiger partial charge in [0.05, 0.1) is 5.69 Å². The van der Waals surface area contributed by atoms with E-state index in [9.17, 15) is 4.79 Å². The maximum Gasteiger partial charge on any atom is 0.253 e. The molecule has 0 atom stereocenters. The van der Waals surface area contributed by atoms with Crippen LogP contribution in [0.25, 0.3) is 0 Å². The van der Waals surface area contributed by atoms with Crippen LogP contribution in [0.15, 0.2) is 36.4 Å². The van der Waals surface area contributed by atoms with Crippen LogP contribution in [0.4, 0.5) is 0 Å². The molecule has 5 nitrogen and oxygen atoms in total. The second kappa shape index (κ2) is 6.77. The summed E-state index contributed by atoms with van der Waals surface area (Å²) in [4.78, 5) is 14.5. The average Bonchev–Trinajstić information content (AvgIpc) is 2.57. The van der Waals surface area contributed by atoms with Gasteiger partial charge in [0.1, 0.15) is 5.75 Å². The first-order valence-corrected chi connectivity index (χ1v) is 7.99. The van der Waals surface area contributed by atoms with Crippen molar-refractivity contribution in [3.8, 4) is 11.6 Å². The number of carbonyl (C=O) groups excluding carboxylic acids is 1. The van der Waals surface area contributed by atoms with Crippen LogP contribution in [-0.2, 0) is 0 Å². The molecule has 1 aliphatic rings. The number of likely N-dealkylation sites (tertiary alicyclic amines) is 1. The lowest BCUT2D eigenvalue weighted by atomic mass is 9.98. The molecule has 1 aromatic carbocycles. The first-order chi connectivity index (χ1) is 11.1. The molecule has 1 saturated heterocycles. The molecule has 0 radical (unpaired) electrons. The van der Waals surface area contributed by atoms with Gasteiger partial charge in [-0.05, 0) is 49.9 Å². The van der Waals surface area contributed by atoms with Crippen molar-refractivity contribution in [1.82, 2.24) is 15.1 Å². The molecular weight excluding hydrogens is 290 g/mol. The van der Waals surface area contributed by atoms with Crippen molar-refractivity contribution in [3.63, 3.8) is 0 Å². The molecule has 3 rings (SSSR count). The number of benzene rings is 1. The normalized spacial score (nSPS) is 15.5. The zero-order valence-corrected chi connectivity index (χ0v) is 13.5. The molecule has 0 aliphatic carbocycles. The summed E-state index contributed by atoms with van der Waals surface area (Å²) in [6, 6.07) is 10.8. The van der Waals surface area contributed by atoms with E-state index in [1.165, 1.54) is 0 Å². The third-order valence-corrected chi connectivity index (χ3v) is 4.15. The van der Waals surface area contributed by atoms with Crippen LogP contribution < -0.4 is 4.74 Å². The summed E-state index contributed by atoms with van der Waals surface area (Å²) in [5, 5.41) is 7.94. The van der Waals surface area contributed by atoms with Crippen LogP contribution in [0, 0.1) is 12.8 Å². The van der Waals surface area contributed by atoms with Gasteiger partial charge in [0, 0.05) is 24.7 Å². The summed E-state index contributed by atoms with van der Waals surface area (Å²) < 4.78 is 5.68. The molecule has 1 amide bonds. The lowest BCUT2D eigenvalue weighted by Crippen LogP contribution is -2.37. The number of carbonyl (C=O) groups is 1. The van der Waals surface area contributed by atoms with Crippen LogP contribution in [0.2, 0.25) is 0 Å². The molecule has 1 aromatic heterocycles. The van der Waals surface area contributed by atoms with Gasteiger partial charge in [-0.1, -0.05) is 13.0 Å².